The summed E-state index contributed by atoms with van der Waals surface area (Å²) in [6.45, 7) is 1.98. The van der Waals surface area contributed by atoms with Crippen LogP contribution in [-0.4, -0.2) is 27.8 Å². The Morgan fingerprint density at radius 2 is 2.08 bits per heavy atom. The molecule has 1 aromatic carbocycles. The Morgan fingerprint density at radius 1 is 1.31 bits per heavy atom. The Kier molecular flexibility index (Phi) is 6.11. The minimum absolute atomic E-state index is 0.00841. The predicted molar refractivity (Wildman–Crippen MR) is 108 cm³/mol. The SMILES string of the molecule is CSc1nc2ccsc2c(=O)n1CC(=O)NC(C)CCc1ccccc1. The minimum Gasteiger partial charge on any atom is -0.352 e. The Hall–Kier alpha value is -2.12. The van der Waals surface area contributed by atoms with E-state index in [-0.39, 0.29) is 24.1 Å². The van der Waals surface area contributed by atoms with Crippen molar-refractivity contribution >= 4 is 39.2 Å². The van der Waals surface area contributed by atoms with E-state index in [4.69, 9.17) is 0 Å². The molecule has 0 radical (unpaired) electrons. The van der Waals surface area contributed by atoms with Gasteiger partial charge in [-0.15, -0.1) is 11.3 Å². The highest BCUT2D eigenvalue weighted by molar-refractivity contribution is 7.98. The van der Waals surface area contributed by atoms with Gasteiger partial charge in [-0.2, -0.15) is 0 Å². The summed E-state index contributed by atoms with van der Waals surface area (Å²) in [5, 5.41) is 5.40. The van der Waals surface area contributed by atoms with Crippen molar-refractivity contribution in [2.24, 2.45) is 0 Å². The Balaban J connectivity index is 1.65. The standard InChI is InChI=1S/C19H21N3O2S2/c1-13(8-9-14-6-4-3-5-7-14)20-16(23)12-22-18(24)17-15(10-11-26-17)21-19(22)25-2/h3-7,10-11,13H,8-9,12H2,1-2H3,(H,20,23). The summed E-state index contributed by atoms with van der Waals surface area (Å²) in [4.78, 5) is 29.5. The van der Waals surface area contributed by atoms with E-state index >= 15 is 0 Å². The number of nitrogens with one attached hydrogen (secondary N) is 1. The lowest BCUT2D eigenvalue weighted by Crippen LogP contribution is -2.38. The summed E-state index contributed by atoms with van der Waals surface area (Å²) in [7, 11) is 0. The van der Waals surface area contributed by atoms with Crippen LogP contribution in [0.1, 0.15) is 18.9 Å². The van der Waals surface area contributed by atoms with E-state index in [1.807, 2.05) is 42.8 Å². The lowest BCUT2D eigenvalue weighted by molar-refractivity contribution is -0.122. The second kappa shape index (κ2) is 8.51. The number of carbonyl (C=O) groups is 1. The Labute approximate surface area is 160 Å². The van der Waals surface area contributed by atoms with Crippen molar-refractivity contribution in [3.8, 4) is 0 Å². The zero-order valence-electron chi connectivity index (χ0n) is 14.8. The summed E-state index contributed by atoms with van der Waals surface area (Å²) in [6, 6.07) is 12.1. The molecule has 1 amide bonds. The number of hydrogen-bond donors (Lipinski definition) is 1. The number of amides is 1. The molecule has 3 aromatic rings. The molecule has 1 unspecified atom stereocenters. The zero-order valence-corrected chi connectivity index (χ0v) is 16.4. The van der Waals surface area contributed by atoms with Gasteiger partial charge < -0.3 is 5.32 Å². The number of aromatic nitrogens is 2. The molecule has 136 valence electrons. The molecule has 2 heterocycles. The molecule has 1 atom stereocenters. The van der Waals surface area contributed by atoms with Crippen LogP contribution < -0.4 is 10.9 Å². The van der Waals surface area contributed by atoms with Gasteiger partial charge >= 0.3 is 0 Å². The first-order valence-electron chi connectivity index (χ1n) is 8.44. The van der Waals surface area contributed by atoms with Gasteiger partial charge in [0.1, 0.15) is 11.2 Å². The average molecular weight is 388 g/mol. The van der Waals surface area contributed by atoms with Crippen LogP contribution >= 0.6 is 23.1 Å². The topological polar surface area (TPSA) is 64.0 Å². The Bertz CT molecular complexity index is 950. The molecule has 0 fully saturated rings. The van der Waals surface area contributed by atoms with E-state index in [1.54, 1.807) is 0 Å². The Morgan fingerprint density at radius 3 is 2.81 bits per heavy atom. The molecular formula is C19H21N3O2S2. The number of carbonyl (C=O) groups excluding carboxylic acids is 1. The number of nitrogens with zero attached hydrogens (tertiary/aromatic N) is 2. The molecule has 7 heteroatoms. The van der Waals surface area contributed by atoms with Crippen LogP contribution in [0.2, 0.25) is 0 Å². The van der Waals surface area contributed by atoms with Gasteiger partial charge in [0, 0.05) is 6.04 Å². The fourth-order valence-corrected chi connectivity index (χ4v) is 4.12. The number of rotatable bonds is 7. The second-order valence-electron chi connectivity index (χ2n) is 6.12. The quantitative estimate of drug-likeness (QED) is 0.499. The smallest absolute Gasteiger partial charge is 0.272 e. The third kappa shape index (κ3) is 4.34. The molecule has 0 saturated carbocycles. The third-order valence-corrected chi connectivity index (χ3v) is 5.70. The van der Waals surface area contributed by atoms with Crippen molar-refractivity contribution in [3.63, 3.8) is 0 Å². The van der Waals surface area contributed by atoms with Crippen molar-refractivity contribution in [2.75, 3.05) is 6.26 Å². The number of benzene rings is 1. The zero-order chi connectivity index (χ0) is 18.5. The van der Waals surface area contributed by atoms with Crippen molar-refractivity contribution in [1.29, 1.82) is 0 Å². The van der Waals surface area contributed by atoms with E-state index in [9.17, 15) is 9.59 Å². The number of thiophene rings is 1. The number of thioether (sulfide) groups is 1. The highest BCUT2D eigenvalue weighted by Gasteiger charge is 2.15. The number of hydrogen-bond acceptors (Lipinski definition) is 5. The largest absolute Gasteiger partial charge is 0.352 e. The van der Waals surface area contributed by atoms with Gasteiger partial charge in [-0.25, -0.2) is 4.98 Å². The van der Waals surface area contributed by atoms with Crippen molar-refractivity contribution in [3.05, 3.63) is 57.7 Å². The van der Waals surface area contributed by atoms with E-state index in [0.29, 0.717) is 15.4 Å². The molecule has 0 saturated heterocycles. The van der Waals surface area contributed by atoms with Crippen LogP contribution in [0.4, 0.5) is 0 Å². The van der Waals surface area contributed by atoms with Gasteiger partial charge in [-0.05, 0) is 43.0 Å². The molecule has 0 aliphatic rings. The summed E-state index contributed by atoms with van der Waals surface area (Å²) >= 11 is 2.73. The van der Waals surface area contributed by atoms with E-state index in [2.05, 4.69) is 22.4 Å². The first kappa shape index (κ1) is 18.7. The first-order chi connectivity index (χ1) is 12.6. The molecule has 0 bridgehead atoms. The van der Waals surface area contributed by atoms with Crippen LogP contribution in [0.25, 0.3) is 10.2 Å². The lowest BCUT2D eigenvalue weighted by atomic mass is 10.1. The number of fused-ring (bicyclic) bond motifs is 1. The van der Waals surface area contributed by atoms with Crippen molar-refractivity contribution in [1.82, 2.24) is 14.9 Å². The highest BCUT2D eigenvalue weighted by Crippen LogP contribution is 2.19. The molecule has 0 aliphatic heterocycles. The minimum atomic E-state index is -0.166. The molecule has 0 spiro atoms. The maximum absolute atomic E-state index is 12.6. The van der Waals surface area contributed by atoms with Crippen molar-refractivity contribution in [2.45, 2.75) is 37.5 Å². The van der Waals surface area contributed by atoms with E-state index < -0.39 is 0 Å². The average Bonchev–Trinajstić information content (AvgIpc) is 3.12. The van der Waals surface area contributed by atoms with Crippen LogP contribution in [0.5, 0.6) is 0 Å². The summed E-state index contributed by atoms with van der Waals surface area (Å²) in [5.41, 5.74) is 1.79. The van der Waals surface area contributed by atoms with Gasteiger partial charge in [-0.3, -0.25) is 14.2 Å². The molecule has 5 nitrogen and oxygen atoms in total. The first-order valence-corrected chi connectivity index (χ1v) is 10.5. The molecule has 0 aliphatic carbocycles. The maximum atomic E-state index is 12.6. The fraction of sp³-hybridized carbons (Fsp3) is 0.316. The summed E-state index contributed by atoms with van der Waals surface area (Å²) in [6.07, 6.45) is 3.61. The molecule has 1 N–H and O–H groups in total. The van der Waals surface area contributed by atoms with Crippen LogP contribution in [0.15, 0.2) is 51.7 Å². The predicted octanol–water partition coefficient (Wildman–Crippen LogP) is 3.32. The monoisotopic (exact) mass is 387 g/mol. The normalized spacial score (nSPS) is 12.2. The highest BCUT2D eigenvalue weighted by atomic mass is 32.2. The van der Waals surface area contributed by atoms with Crippen LogP contribution in [-0.2, 0) is 17.8 Å². The maximum Gasteiger partial charge on any atom is 0.272 e. The molecule has 26 heavy (non-hydrogen) atoms. The van der Waals surface area contributed by atoms with E-state index in [1.165, 1.54) is 33.2 Å². The molecule has 2 aromatic heterocycles. The lowest BCUT2D eigenvalue weighted by Gasteiger charge is -2.15. The van der Waals surface area contributed by atoms with Crippen LogP contribution in [0, 0.1) is 0 Å². The van der Waals surface area contributed by atoms with Gasteiger partial charge in [0.2, 0.25) is 5.91 Å². The van der Waals surface area contributed by atoms with Gasteiger partial charge in [0.15, 0.2) is 5.16 Å². The van der Waals surface area contributed by atoms with Crippen molar-refractivity contribution < 1.29 is 4.79 Å². The summed E-state index contributed by atoms with van der Waals surface area (Å²) < 4.78 is 2.05. The van der Waals surface area contributed by atoms with Gasteiger partial charge in [-0.1, -0.05) is 42.1 Å². The van der Waals surface area contributed by atoms with Crippen LogP contribution in [0.3, 0.4) is 0 Å². The van der Waals surface area contributed by atoms with Gasteiger partial charge in [0.25, 0.3) is 5.56 Å². The third-order valence-electron chi connectivity index (χ3n) is 4.13. The fourth-order valence-electron chi connectivity index (χ4n) is 2.78. The second-order valence-corrected chi connectivity index (χ2v) is 7.81. The summed E-state index contributed by atoms with van der Waals surface area (Å²) in [5.74, 6) is -0.166. The molecular weight excluding hydrogens is 366 g/mol. The number of aryl methyl sites for hydroxylation is 1. The van der Waals surface area contributed by atoms with Gasteiger partial charge in [0.05, 0.1) is 5.52 Å². The van der Waals surface area contributed by atoms with E-state index in [0.717, 1.165) is 12.8 Å². The molecule has 3 rings (SSSR count).